The summed E-state index contributed by atoms with van der Waals surface area (Å²) < 4.78 is 1.13. The Morgan fingerprint density at radius 1 is 1.50 bits per heavy atom. The Kier molecular flexibility index (Phi) is 2.28. The van der Waals surface area contributed by atoms with Crippen LogP contribution in [-0.2, 0) is 6.54 Å². The fraction of sp³-hybridized carbons (Fsp3) is 0.125. The van der Waals surface area contributed by atoms with E-state index < -0.39 is 5.69 Å². The minimum absolute atomic E-state index is 0.277. The number of nitrogens with one attached hydrogen (secondary N) is 1. The molecular weight excluding hydrogens is 202 g/mol. The van der Waals surface area contributed by atoms with Gasteiger partial charge in [-0.15, -0.1) is 11.3 Å². The molecule has 14 heavy (non-hydrogen) atoms. The van der Waals surface area contributed by atoms with E-state index in [0.29, 0.717) is 0 Å². The van der Waals surface area contributed by atoms with Crippen LogP contribution in [0.15, 0.2) is 33.6 Å². The first-order chi connectivity index (χ1) is 6.77. The smallest absolute Gasteiger partial charge is 0.314 e. The van der Waals surface area contributed by atoms with E-state index in [1.807, 2.05) is 0 Å². The molecule has 2 aromatic heterocycles. The van der Waals surface area contributed by atoms with Crippen molar-refractivity contribution in [3.05, 3.63) is 49.7 Å². The molecule has 1 N–H and O–H groups in total. The number of rotatable bonds is 2. The van der Waals surface area contributed by atoms with E-state index in [1.54, 1.807) is 11.7 Å². The van der Waals surface area contributed by atoms with Gasteiger partial charge in [0.2, 0.25) is 0 Å². The van der Waals surface area contributed by atoms with Crippen molar-refractivity contribution in [2.24, 2.45) is 0 Å². The van der Waals surface area contributed by atoms with E-state index in [2.05, 4.69) is 9.97 Å². The van der Waals surface area contributed by atoms with E-state index in [4.69, 9.17) is 0 Å². The highest BCUT2D eigenvalue weighted by Gasteiger charge is 2.01. The molecule has 0 atom stereocenters. The Balaban J connectivity index is 2.43. The zero-order chi connectivity index (χ0) is 9.97. The summed E-state index contributed by atoms with van der Waals surface area (Å²) >= 11 is 1.41. The lowest BCUT2D eigenvalue weighted by molar-refractivity contribution is 0.705. The third-order valence-corrected chi connectivity index (χ3v) is 2.51. The van der Waals surface area contributed by atoms with Crippen molar-refractivity contribution in [1.29, 1.82) is 0 Å². The molecule has 72 valence electrons. The molecule has 0 aliphatic carbocycles. The van der Waals surface area contributed by atoms with Crippen molar-refractivity contribution >= 4 is 11.3 Å². The van der Waals surface area contributed by atoms with Gasteiger partial charge in [0.1, 0.15) is 0 Å². The number of hydrogen-bond acceptors (Lipinski definition) is 4. The van der Waals surface area contributed by atoms with E-state index in [9.17, 15) is 9.59 Å². The molecule has 2 heterocycles. The second-order valence-electron chi connectivity index (χ2n) is 2.67. The Hall–Kier alpha value is -1.69. The summed E-state index contributed by atoms with van der Waals surface area (Å²) in [5.41, 5.74) is 0.963. The number of aromatic amines is 1. The number of aromatic nitrogens is 3. The van der Waals surface area contributed by atoms with E-state index >= 15 is 0 Å². The average molecular weight is 209 g/mol. The van der Waals surface area contributed by atoms with Crippen LogP contribution in [0, 0.1) is 0 Å². The Morgan fingerprint density at radius 2 is 2.36 bits per heavy atom. The van der Waals surface area contributed by atoms with Crippen LogP contribution >= 0.6 is 11.3 Å². The van der Waals surface area contributed by atoms with E-state index in [0.717, 1.165) is 9.44 Å². The molecule has 6 heteroatoms. The van der Waals surface area contributed by atoms with Crippen LogP contribution in [0.2, 0.25) is 0 Å². The summed E-state index contributed by atoms with van der Waals surface area (Å²) in [6.07, 6.45) is 2.98. The lowest BCUT2D eigenvalue weighted by Crippen LogP contribution is -2.33. The van der Waals surface area contributed by atoms with Gasteiger partial charge in [-0.1, -0.05) is 0 Å². The SMILES string of the molecule is O=c1cc[nH]c(=O)n1Cc1cncs1. The minimum atomic E-state index is -0.397. The van der Waals surface area contributed by atoms with Gasteiger partial charge in [-0.25, -0.2) is 4.79 Å². The number of nitrogens with zero attached hydrogens (tertiary/aromatic N) is 2. The molecule has 2 rings (SSSR count). The molecule has 0 radical (unpaired) electrons. The van der Waals surface area contributed by atoms with Gasteiger partial charge < -0.3 is 4.98 Å². The standard InChI is InChI=1S/C8H7N3O2S/c12-7-1-2-10-8(13)11(7)4-6-3-9-5-14-6/h1-3,5H,4H2,(H,10,13). The molecule has 0 aliphatic rings. The van der Waals surface area contributed by atoms with Crippen LogP contribution in [0.5, 0.6) is 0 Å². The molecule has 0 aromatic carbocycles. The van der Waals surface area contributed by atoms with Crippen molar-refractivity contribution in [3.63, 3.8) is 0 Å². The molecule has 0 amide bonds. The van der Waals surface area contributed by atoms with Gasteiger partial charge in [0, 0.05) is 23.3 Å². The fourth-order valence-corrected chi connectivity index (χ4v) is 1.66. The van der Waals surface area contributed by atoms with Gasteiger partial charge in [-0.2, -0.15) is 0 Å². The summed E-state index contributed by atoms with van der Waals surface area (Å²) in [5.74, 6) is 0. The highest BCUT2D eigenvalue weighted by molar-refractivity contribution is 7.09. The Morgan fingerprint density at radius 3 is 3.00 bits per heavy atom. The van der Waals surface area contributed by atoms with Crippen LogP contribution in [0.1, 0.15) is 4.88 Å². The average Bonchev–Trinajstić information content (AvgIpc) is 2.64. The molecule has 0 aliphatic heterocycles. The first-order valence-corrected chi connectivity index (χ1v) is 4.81. The van der Waals surface area contributed by atoms with Gasteiger partial charge >= 0.3 is 5.69 Å². The van der Waals surface area contributed by atoms with Gasteiger partial charge in [0.25, 0.3) is 5.56 Å². The van der Waals surface area contributed by atoms with Crippen LogP contribution in [0.4, 0.5) is 0 Å². The first kappa shape index (κ1) is 8.89. The number of hydrogen-bond donors (Lipinski definition) is 1. The zero-order valence-corrected chi connectivity index (χ0v) is 7.95. The van der Waals surface area contributed by atoms with Gasteiger partial charge in [-0.05, 0) is 0 Å². The Bertz CT molecular complexity index is 498. The molecule has 0 unspecified atom stereocenters. The molecule has 0 fully saturated rings. The quantitative estimate of drug-likeness (QED) is 0.759. The fourth-order valence-electron chi connectivity index (χ4n) is 1.08. The maximum atomic E-state index is 11.3. The molecule has 5 nitrogen and oxygen atoms in total. The largest absolute Gasteiger partial charge is 0.328 e. The summed E-state index contributed by atoms with van der Waals surface area (Å²) in [7, 11) is 0. The summed E-state index contributed by atoms with van der Waals surface area (Å²) in [6, 6.07) is 1.32. The summed E-state index contributed by atoms with van der Waals surface area (Å²) in [4.78, 5) is 29.7. The zero-order valence-electron chi connectivity index (χ0n) is 7.14. The number of H-pyrrole nitrogens is 1. The van der Waals surface area contributed by atoms with Crippen molar-refractivity contribution in [1.82, 2.24) is 14.5 Å². The van der Waals surface area contributed by atoms with Gasteiger partial charge in [0.05, 0.1) is 12.1 Å². The first-order valence-electron chi connectivity index (χ1n) is 3.93. The third-order valence-electron chi connectivity index (χ3n) is 1.74. The van der Waals surface area contributed by atoms with Gasteiger partial charge in [-0.3, -0.25) is 14.3 Å². The highest BCUT2D eigenvalue weighted by Crippen LogP contribution is 2.04. The van der Waals surface area contributed by atoms with Crippen molar-refractivity contribution in [2.75, 3.05) is 0 Å². The summed E-state index contributed by atoms with van der Waals surface area (Å²) in [5, 5.41) is 0. The lowest BCUT2D eigenvalue weighted by atomic mass is 10.5. The third kappa shape index (κ3) is 1.64. The predicted octanol–water partition coefficient (Wildman–Crippen LogP) is 0.0414. The van der Waals surface area contributed by atoms with Crippen LogP contribution in [-0.4, -0.2) is 14.5 Å². The lowest BCUT2D eigenvalue weighted by Gasteiger charge is -1.99. The molecule has 0 spiro atoms. The van der Waals surface area contributed by atoms with E-state index in [1.165, 1.54) is 23.6 Å². The molecular formula is C8H7N3O2S. The Labute approximate surface area is 82.7 Å². The van der Waals surface area contributed by atoms with Crippen LogP contribution in [0.25, 0.3) is 0 Å². The minimum Gasteiger partial charge on any atom is -0.314 e. The van der Waals surface area contributed by atoms with Crippen LogP contribution in [0.3, 0.4) is 0 Å². The second-order valence-corrected chi connectivity index (χ2v) is 3.65. The second kappa shape index (κ2) is 3.59. The predicted molar refractivity (Wildman–Crippen MR) is 52.5 cm³/mol. The highest BCUT2D eigenvalue weighted by atomic mass is 32.1. The van der Waals surface area contributed by atoms with E-state index in [-0.39, 0.29) is 12.1 Å². The topological polar surface area (TPSA) is 67.8 Å². The molecule has 0 saturated heterocycles. The number of thiazole rings is 1. The van der Waals surface area contributed by atoms with Crippen molar-refractivity contribution in [2.45, 2.75) is 6.54 Å². The maximum Gasteiger partial charge on any atom is 0.328 e. The molecule has 0 saturated carbocycles. The molecule has 2 aromatic rings. The van der Waals surface area contributed by atoms with Crippen molar-refractivity contribution in [3.8, 4) is 0 Å². The van der Waals surface area contributed by atoms with Crippen molar-refractivity contribution < 1.29 is 0 Å². The monoisotopic (exact) mass is 209 g/mol. The normalized spacial score (nSPS) is 10.3. The summed E-state index contributed by atoms with van der Waals surface area (Å²) in [6.45, 7) is 0.277. The molecule has 0 bridgehead atoms. The van der Waals surface area contributed by atoms with Crippen LogP contribution < -0.4 is 11.2 Å². The van der Waals surface area contributed by atoms with Gasteiger partial charge in [0.15, 0.2) is 0 Å². The maximum absolute atomic E-state index is 11.3.